The van der Waals surface area contributed by atoms with Gasteiger partial charge in [-0.15, -0.1) is 0 Å². The smallest absolute Gasteiger partial charge is 0.129 e. The van der Waals surface area contributed by atoms with Gasteiger partial charge < -0.3 is 9.52 Å². The van der Waals surface area contributed by atoms with Crippen LogP contribution in [0.3, 0.4) is 0 Å². The van der Waals surface area contributed by atoms with Crippen molar-refractivity contribution < 1.29 is 9.52 Å². The van der Waals surface area contributed by atoms with Crippen LogP contribution < -0.4 is 0 Å². The molecule has 16 heavy (non-hydrogen) atoms. The van der Waals surface area contributed by atoms with Crippen molar-refractivity contribution in [3.8, 4) is 0 Å². The lowest BCUT2D eigenvalue weighted by Crippen LogP contribution is -2.33. The highest BCUT2D eigenvalue weighted by Gasteiger charge is 2.29. The molecule has 1 aliphatic heterocycles. The van der Waals surface area contributed by atoms with Crippen LogP contribution in [0.25, 0.3) is 0 Å². The Balaban J connectivity index is 2.02. The van der Waals surface area contributed by atoms with E-state index >= 15 is 0 Å². The summed E-state index contributed by atoms with van der Waals surface area (Å²) in [7, 11) is 0. The molecule has 90 valence electrons. The van der Waals surface area contributed by atoms with Gasteiger partial charge in [0.15, 0.2) is 0 Å². The minimum Gasteiger partial charge on any atom is -0.462 e. The summed E-state index contributed by atoms with van der Waals surface area (Å²) in [5.41, 5.74) is 0. The summed E-state index contributed by atoms with van der Waals surface area (Å²) in [6.45, 7) is 5.40. The molecule has 2 unspecified atom stereocenters. The molecule has 1 N–H and O–H groups in total. The van der Waals surface area contributed by atoms with Crippen LogP contribution in [0.5, 0.6) is 0 Å². The molecule has 1 aromatic rings. The molecule has 0 aromatic carbocycles. The van der Waals surface area contributed by atoms with Crippen LogP contribution in [0.4, 0.5) is 0 Å². The number of furan rings is 1. The van der Waals surface area contributed by atoms with E-state index in [1.54, 1.807) is 0 Å². The molecule has 1 aliphatic rings. The van der Waals surface area contributed by atoms with E-state index in [0.717, 1.165) is 12.3 Å². The Bertz CT molecular complexity index is 334. The number of hydrogen-bond donors (Lipinski definition) is 1. The third-order valence-electron chi connectivity index (χ3n) is 3.64. The fourth-order valence-corrected chi connectivity index (χ4v) is 2.62. The van der Waals surface area contributed by atoms with Crippen molar-refractivity contribution in [2.75, 3.05) is 0 Å². The molecule has 0 bridgehead atoms. The van der Waals surface area contributed by atoms with Gasteiger partial charge in [-0.05, 0) is 38.3 Å². The van der Waals surface area contributed by atoms with Gasteiger partial charge in [-0.2, -0.15) is 0 Å². The zero-order chi connectivity index (χ0) is 11.5. The van der Waals surface area contributed by atoms with Gasteiger partial charge in [-0.1, -0.05) is 6.92 Å². The van der Waals surface area contributed by atoms with Crippen LogP contribution in [-0.2, 0) is 13.2 Å². The fourth-order valence-electron chi connectivity index (χ4n) is 2.62. The van der Waals surface area contributed by atoms with Gasteiger partial charge in [0.05, 0.1) is 6.54 Å². The standard InChI is InChI=1S/C13H21NO2/c1-3-11-5-4-10(2)14(11)8-12-6-7-13(9-15)16-12/h6-7,10-11,15H,3-5,8-9H2,1-2H3. The summed E-state index contributed by atoms with van der Waals surface area (Å²) in [6, 6.07) is 5.17. The van der Waals surface area contributed by atoms with E-state index in [1.165, 1.54) is 19.3 Å². The summed E-state index contributed by atoms with van der Waals surface area (Å²) in [4.78, 5) is 2.51. The number of aliphatic hydroxyl groups is 1. The molecule has 3 heteroatoms. The van der Waals surface area contributed by atoms with Crippen LogP contribution in [0, 0.1) is 0 Å². The Labute approximate surface area is 97.1 Å². The number of aliphatic hydroxyl groups excluding tert-OH is 1. The third-order valence-corrected chi connectivity index (χ3v) is 3.64. The Morgan fingerprint density at radius 1 is 1.38 bits per heavy atom. The first kappa shape index (κ1) is 11.7. The van der Waals surface area contributed by atoms with Gasteiger partial charge in [0, 0.05) is 12.1 Å². The average molecular weight is 223 g/mol. The first-order valence-electron chi connectivity index (χ1n) is 6.18. The number of nitrogens with zero attached hydrogens (tertiary/aromatic N) is 1. The first-order chi connectivity index (χ1) is 7.74. The number of hydrogen-bond acceptors (Lipinski definition) is 3. The Hall–Kier alpha value is -0.800. The van der Waals surface area contributed by atoms with Crippen LogP contribution in [0.2, 0.25) is 0 Å². The van der Waals surface area contributed by atoms with Crippen molar-refractivity contribution in [3.63, 3.8) is 0 Å². The van der Waals surface area contributed by atoms with E-state index in [9.17, 15) is 0 Å². The predicted octanol–water partition coefficient (Wildman–Crippen LogP) is 2.53. The van der Waals surface area contributed by atoms with Crippen LogP contribution >= 0.6 is 0 Å². The predicted molar refractivity (Wildman–Crippen MR) is 62.9 cm³/mol. The highest BCUT2D eigenvalue weighted by molar-refractivity contribution is 5.07. The minimum absolute atomic E-state index is 0.00718. The van der Waals surface area contributed by atoms with Crippen molar-refractivity contribution in [2.45, 2.75) is 58.3 Å². The summed E-state index contributed by atoms with van der Waals surface area (Å²) < 4.78 is 5.54. The second kappa shape index (κ2) is 5.02. The zero-order valence-corrected chi connectivity index (χ0v) is 10.1. The SMILES string of the molecule is CCC1CCC(C)N1Cc1ccc(CO)o1. The maximum atomic E-state index is 8.95. The molecule has 2 atom stereocenters. The van der Waals surface area contributed by atoms with E-state index in [1.807, 2.05) is 12.1 Å². The van der Waals surface area contributed by atoms with Crippen molar-refractivity contribution in [1.29, 1.82) is 0 Å². The van der Waals surface area contributed by atoms with E-state index in [0.29, 0.717) is 17.8 Å². The van der Waals surface area contributed by atoms with Gasteiger partial charge in [-0.25, -0.2) is 0 Å². The maximum absolute atomic E-state index is 8.95. The molecule has 2 heterocycles. The van der Waals surface area contributed by atoms with Crippen molar-refractivity contribution in [2.24, 2.45) is 0 Å². The van der Waals surface area contributed by atoms with Crippen LogP contribution in [0.1, 0.15) is 44.6 Å². The van der Waals surface area contributed by atoms with Gasteiger partial charge >= 0.3 is 0 Å². The molecule has 0 aliphatic carbocycles. The van der Waals surface area contributed by atoms with E-state index in [-0.39, 0.29) is 6.61 Å². The Kier molecular flexibility index (Phi) is 3.66. The number of rotatable bonds is 4. The highest BCUT2D eigenvalue weighted by Crippen LogP contribution is 2.28. The molecule has 2 rings (SSSR count). The summed E-state index contributed by atoms with van der Waals surface area (Å²) in [5, 5.41) is 8.95. The second-order valence-corrected chi connectivity index (χ2v) is 4.69. The lowest BCUT2D eigenvalue weighted by atomic mass is 10.1. The van der Waals surface area contributed by atoms with E-state index in [4.69, 9.17) is 9.52 Å². The first-order valence-corrected chi connectivity index (χ1v) is 6.18. The molecule has 3 nitrogen and oxygen atoms in total. The summed E-state index contributed by atoms with van der Waals surface area (Å²) in [5.74, 6) is 1.63. The highest BCUT2D eigenvalue weighted by atomic mass is 16.4. The van der Waals surface area contributed by atoms with E-state index in [2.05, 4.69) is 18.7 Å². The topological polar surface area (TPSA) is 36.6 Å². The molecule has 1 fully saturated rings. The quantitative estimate of drug-likeness (QED) is 0.852. The van der Waals surface area contributed by atoms with E-state index < -0.39 is 0 Å². The lowest BCUT2D eigenvalue weighted by molar-refractivity contribution is 0.169. The molecule has 1 aromatic heterocycles. The molecule has 1 saturated heterocycles. The third kappa shape index (κ3) is 2.30. The van der Waals surface area contributed by atoms with Gasteiger partial charge in [0.25, 0.3) is 0 Å². The monoisotopic (exact) mass is 223 g/mol. The molecular weight excluding hydrogens is 202 g/mol. The number of likely N-dealkylation sites (tertiary alicyclic amines) is 1. The second-order valence-electron chi connectivity index (χ2n) is 4.69. The molecular formula is C13H21NO2. The van der Waals surface area contributed by atoms with Gasteiger partial charge in [0.2, 0.25) is 0 Å². The van der Waals surface area contributed by atoms with Gasteiger partial charge in [-0.3, -0.25) is 4.90 Å². The van der Waals surface area contributed by atoms with Crippen LogP contribution in [-0.4, -0.2) is 22.1 Å². The normalized spacial score (nSPS) is 26.4. The fraction of sp³-hybridized carbons (Fsp3) is 0.692. The van der Waals surface area contributed by atoms with Crippen molar-refractivity contribution in [3.05, 3.63) is 23.7 Å². The summed E-state index contributed by atoms with van der Waals surface area (Å²) in [6.07, 6.45) is 3.79. The average Bonchev–Trinajstić information content (AvgIpc) is 2.88. The Morgan fingerprint density at radius 2 is 2.12 bits per heavy atom. The van der Waals surface area contributed by atoms with Gasteiger partial charge in [0.1, 0.15) is 18.1 Å². The molecule has 0 saturated carbocycles. The lowest BCUT2D eigenvalue weighted by Gasteiger charge is -2.26. The largest absolute Gasteiger partial charge is 0.462 e. The maximum Gasteiger partial charge on any atom is 0.129 e. The van der Waals surface area contributed by atoms with Crippen LogP contribution in [0.15, 0.2) is 16.5 Å². The van der Waals surface area contributed by atoms with Crippen molar-refractivity contribution >= 4 is 0 Å². The molecule has 0 radical (unpaired) electrons. The molecule has 0 amide bonds. The summed E-state index contributed by atoms with van der Waals surface area (Å²) >= 11 is 0. The Morgan fingerprint density at radius 3 is 2.75 bits per heavy atom. The molecule has 0 spiro atoms. The minimum atomic E-state index is -0.00718. The van der Waals surface area contributed by atoms with Crippen molar-refractivity contribution in [1.82, 2.24) is 4.90 Å². The zero-order valence-electron chi connectivity index (χ0n) is 10.1.